The first kappa shape index (κ1) is 4.16. The van der Waals surface area contributed by atoms with Crippen LogP contribution in [0.4, 0.5) is 0 Å². The molecule has 0 bridgehead atoms. The maximum absolute atomic E-state index is 3.07. The third-order valence-electron chi connectivity index (χ3n) is 0.696. The molecule has 0 aromatic heterocycles. The van der Waals surface area contributed by atoms with Gasteiger partial charge in [-0.25, -0.2) is 0 Å². The SMILES string of the molecule is [Se]=C1NCCN1. The van der Waals surface area contributed by atoms with E-state index in [1.807, 2.05) is 0 Å². The van der Waals surface area contributed by atoms with Gasteiger partial charge in [-0.05, 0) is 0 Å². The molecule has 1 fully saturated rings. The number of hydrogen-bond donors (Lipinski definition) is 2. The molecule has 1 aliphatic rings. The van der Waals surface area contributed by atoms with E-state index in [1.165, 1.54) is 0 Å². The normalized spacial score (nSPS) is 19.7. The first-order chi connectivity index (χ1) is 2.89. The van der Waals surface area contributed by atoms with Crippen LogP contribution in [0.3, 0.4) is 0 Å². The van der Waals surface area contributed by atoms with E-state index in [2.05, 4.69) is 26.2 Å². The van der Waals surface area contributed by atoms with Crippen LogP contribution in [-0.2, 0) is 0 Å². The van der Waals surface area contributed by atoms with Gasteiger partial charge in [0.1, 0.15) is 0 Å². The van der Waals surface area contributed by atoms with E-state index in [9.17, 15) is 0 Å². The fourth-order valence-corrected chi connectivity index (χ4v) is 0.843. The summed E-state index contributed by atoms with van der Waals surface area (Å²) in [5, 5.41) is 6.14. The van der Waals surface area contributed by atoms with Gasteiger partial charge in [0.05, 0.1) is 0 Å². The zero-order valence-corrected chi connectivity index (χ0v) is 5.04. The summed E-state index contributed by atoms with van der Waals surface area (Å²) in [7, 11) is 0. The van der Waals surface area contributed by atoms with Gasteiger partial charge in [0.25, 0.3) is 0 Å². The Bertz CT molecular complexity index is 63.2. The first-order valence-corrected chi connectivity index (χ1v) is 2.77. The summed E-state index contributed by atoms with van der Waals surface area (Å²) in [6.45, 7) is 2.12. The molecule has 1 heterocycles. The van der Waals surface area contributed by atoms with Gasteiger partial charge in [0.2, 0.25) is 0 Å². The van der Waals surface area contributed by atoms with Crippen molar-refractivity contribution in [2.75, 3.05) is 13.1 Å². The number of hydrogen-bond acceptors (Lipinski definition) is 2. The average Bonchev–Trinajstić information content (AvgIpc) is 1.86. The summed E-state index contributed by atoms with van der Waals surface area (Å²) in [4.78, 5) is 0. The van der Waals surface area contributed by atoms with Crippen LogP contribution < -0.4 is 10.6 Å². The molecule has 2 nitrogen and oxygen atoms in total. The second-order valence-corrected chi connectivity index (χ2v) is 2.04. The number of rotatable bonds is 0. The van der Waals surface area contributed by atoms with Crippen LogP contribution in [0.15, 0.2) is 0 Å². The van der Waals surface area contributed by atoms with Crippen LogP contribution in [0, 0.1) is 0 Å². The fourth-order valence-electron chi connectivity index (χ4n) is 0.415. The van der Waals surface area contributed by atoms with Gasteiger partial charge in [-0.2, -0.15) is 0 Å². The Balaban J connectivity index is 2.37. The Labute approximate surface area is 44.7 Å². The monoisotopic (exact) mass is 150 g/mol. The topological polar surface area (TPSA) is 24.1 Å². The molecule has 34 valence electrons. The molecule has 3 heteroatoms. The second kappa shape index (κ2) is 1.63. The zero-order valence-electron chi connectivity index (χ0n) is 3.32. The van der Waals surface area contributed by atoms with Gasteiger partial charge < -0.3 is 0 Å². The average molecular weight is 149 g/mol. The maximum atomic E-state index is 3.07. The van der Waals surface area contributed by atoms with Crippen LogP contribution >= 0.6 is 0 Å². The standard InChI is InChI=1S/C3H6N2Se/c6-3-4-1-2-5-3/h1-2H2,(H2,4,5,6). The molecule has 1 aliphatic heterocycles. The summed E-state index contributed by atoms with van der Waals surface area (Å²) in [5.41, 5.74) is 0. The third-order valence-corrected chi connectivity index (χ3v) is 1.30. The molecule has 1 saturated heterocycles. The van der Waals surface area contributed by atoms with E-state index in [0.717, 1.165) is 17.8 Å². The van der Waals surface area contributed by atoms with Crippen molar-refractivity contribution >= 4 is 20.2 Å². The molecular formula is C3H6N2Se. The summed E-state index contributed by atoms with van der Waals surface area (Å²) in [6.07, 6.45) is 0. The Morgan fingerprint density at radius 2 is 1.83 bits per heavy atom. The van der Waals surface area contributed by atoms with E-state index in [1.54, 1.807) is 0 Å². The predicted molar refractivity (Wildman–Crippen MR) is 26.8 cm³/mol. The van der Waals surface area contributed by atoms with Gasteiger partial charge in [-0.3, -0.25) is 0 Å². The molecule has 0 amide bonds. The molecule has 0 aliphatic carbocycles. The molecule has 0 radical (unpaired) electrons. The van der Waals surface area contributed by atoms with Crippen LogP contribution in [0.2, 0.25) is 0 Å². The van der Waals surface area contributed by atoms with Crippen LogP contribution in [0.5, 0.6) is 0 Å². The molecule has 0 aromatic carbocycles. The molecule has 1 rings (SSSR count). The van der Waals surface area contributed by atoms with E-state index in [4.69, 9.17) is 0 Å². The van der Waals surface area contributed by atoms with Crippen LogP contribution in [-0.4, -0.2) is 33.3 Å². The van der Waals surface area contributed by atoms with E-state index in [0.29, 0.717) is 0 Å². The summed E-state index contributed by atoms with van der Waals surface area (Å²) < 4.78 is 1.08. The van der Waals surface area contributed by atoms with Crippen molar-refractivity contribution in [3.8, 4) is 0 Å². The molecule has 0 saturated carbocycles. The molecule has 6 heavy (non-hydrogen) atoms. The van der Waals surface area contributed by atoms with Gasteiger partial charge in [-0.1, -0.05) is 0 Å². The Hall–Kier alpha value is -0.0105. The fraction of sp³-hybridized carbons (Fsp3) is 0.667. The van der Waals surface area contributed by atoms with Gasteiger partial charge in [0, 0.05) is 0 Å². The molecule has 0 unspecified atom stereocenters. The summed E-state index contributed by atoms with van der Waals surface area (Å²) in [5.74, 6) is 0. The quantitative estimate of drug-likeness (QED) is 0.407. The van der Waals surface area contributed by atoms with Crippen molar-refractivity contribution in [1.29, 1.82) is 0 Å². The summed E-state index contributed by atoms with van der Waals surface area (Å²) >= 11 is 2.83. The molecule has 2 N–H and O–H groups in total. The van der Waals surface area contributed by atoms with Crippen molar-refractivity contribution in [2.45, 2.75) is 0 Å². The molecular weight excluding hydrogens is 143 g/mol. The Morgan fingerprint density at radius 3 is 2.00 bits per heavy atom. The van der Waals surface area contributed by atoms with Gasteiger partial charge >= 0.3 is 44.0 Å². The van der Waals surface area contributed by atoms with Crippen LogP contribution in [0.1, 0.15) is 0 Å². The molecule has 0 spiro atoms. The Kier molecular flexibility index (Phi) is 1.13. The molecule has 0 aromatic rings. The van der Waals surface area contributed by atoms with Crippen molar-refractivity contribution < 1.29 is 0 Å². The van der Waals surface area contributed by atoms with Gasteiger partial charge in [0.15, 0.2) is 0 Å². The minimum atomic E-state index is 1.06. The van der Waals surface area contributed by atoms with E-state index >= 15 is 0 Å². The van der Waals surface area contributed by atoms with Crippen molar-refractivity contribution in [3.63, 3.8) is 0 Å². The Morgan fingerprint density at radius 1 is 1.33 bits per heavy atom. The third kappa shape index (κ3) is 0.730. The summed E-state index contributed by atoms with van der Waals surface area (Å²) in [6, 6.07) is 0. The van der Waals surface area contributed by atoms with Crippen LogP contribution in [0.25, 0.3) is 0 Å². The van der Waals surface area contributed by atoms with E-state index in [-0.39, 0.29) is 0 Å². The van der Waals surface area contributed by atoms with Crippen molar-refractivity contribution in [1.82, 2.24) is 10.6 Å². The molecule has 0 atom stereocenters. The number of nitrogens with one attached hydrogen (secondary N) is 2. The first-order valence-electron chi connectivity index (χ1n) is 1.91. The van der Waals surface area contributed by atoms with Crippen molar-refractivity contribution in [2.24, 2.45) is 0 Å². The second-order valence-electron chi connectivity index (χ2n) is 1.18. The minimum absolute atomic E-state index is 1.06. The predicted octanol–water partition coefficient (Wildman–Crippen LogP) is -1.56. The van der Waals surface area contributed by atoms with Crippen molar-refractivity contribution in [3.05, 3.63) is 0 Å². The van der Waals surface area contributed by atoms with Gasteiger partial charge in [-0.15, -0.1) is 0 Å². The zero-order chi connectivity index (χ0) is 4.41. The van der Waals surface area contributed by atoms with E-state index < -0.39 is 0 Å².